The Kier molecular flexibility index (Phi) is 5.19. The number of primary amides is 1. The molecule has 7 heteroatoms. The number of nitro groups is 1. The Morgan fingerprint density at radius 1 is 1.40 bits per heavy atom. The molecule has 20 heavy (non-hydrogen) atoms. The summed E-state index contributed by atoms with van der Waals surface area (Å²) in [6.45, 7) is 3.53. The zero-order chi connectivity index (χ0) is 15.3. The highest BCUT2D eigenvalue weighted by atomic mass is 16.6. The number of rotatable bonds is 6. The first kappa shape index (κ1) is 15.6. The van der Waals surface area contributed by atoms with Crippen LogP contribution in [-0.4, -0.2) is 22.8 Å². The molecule has 0 unspecified atom stereocenters. The predicted molar refractivity (Wildman–Crippen MR) is 72.8 cm³/mol. The summed E-state index contributed by atoms with van der Waals surface area (Å²) < 4.78 is 0. The maximum atomic E-state index is 11.8. The maximum absolute atomic E-state index is 11.8. The Bertz CT molecular complexity index is 528. The van der Waals surface area contributed by atoms with Gasteiger partial charge in [0, 0.05) is 12.1 Å². The van der Waals surface area contributed by atoms with Crippen molar-refractivity contribution in [3.63, 3.8) is 0 Å². The van der Waals surface area contributed by atoms with Crippen LogP contribution in [0.3, 0.4) is 0 Å². The van der Waals surface area contributed by atoms with E-state index in [2.05, 4.69) is 5.32 Å². The van der Waals surface area contributed by atoms with Gasteiger partial charge in [0.05, 0.1) is 11.3 Å². The fraction of sp³-hybridized carbons (Fsp3) is 0.385. The van der Waals surface area contributed by atoms with E-state index < -0.39 is 22.8 Å². The van der Waals surface area contributed by atoms with Crippen molar-refractivity contribution in [3.05, 3.63) is 39.9 Å². The first-order chi connectivity index (χ1) is 9.31. The van der Waals surface area contributed by atoms with Crippen LogP contribution in [0.1, 0.15) is 19.4 Å². The van der Waals surface area contributed by atoms with Crippen LogP contribution < -0.4 is 11.1 Å². The summed E-state index contributed by atoms with van der Waals surface area (Å²) in [4.78, 5) is 33.1. The van der Waals surface area contributed by atoms with Gasteiger partial charge in [-0.15, -0.1) is 0 Å². The molecule has 0 saturated heterocycles. The minimum atomic E-state index is -0.749. The fourth-order valence-electron chi connectivity index (χ4n) is 1.76. The number of non-ortho nitro benzene ring substituents is 1. The molecule has 1 aromatic rings. The monoisotopic (exact) mass is 279 g/mol. The molecule has 0 aliphatic heterocycles. The number of nitro benzene ring substituents is 1. The first-order valence-electron chi connectivity index (χ1n) is 6.13. The molecule has 0 saturated carbocycles. The number of hydrogen-bond donors (Lipinski definition) is 2. The van der Waals surface area contributed by atoms with Crippen molar-refractivity contribution in [1.82, 2.24) is 5.32 Å². The van der Waals surface area contributed by atoms with E-state index >= 15 is 0 Å². The minimum absolute atomic E-state index is 0.0435. The van der Waals surface area contributed by atoms with Crippen molar-refractivity contribution >= 4 is 17.5 Å². The fourth-order valence-corrected chi connectivity index (χ4v) is 1.76. The Hall–Kier alpha value is -2.44. The number of nitrogens with zero attached hydrogens (tertiary/aromatic N) is 1. The zero-order valence-electron chi connectivity index (χ0n) is 11.3. The summed E-state index contributed by atoms with van der Waals surface area (Å²) in [5.41, 5.74) is 5.63. The predicted octanol–water partition coefficient (Wildman–Crippen LogP) is 0.763. The Morgan fingerprint density at radius 2 is 2.05 bits per heavy atom. The number of benzene rings is 1. The average molecular weight is 279 g/mol. The molecule has 0 aliphatic carbocycles. The van der Waals surface area contributed by atoms with Gasteiger partial charge in [-0.2, -0.15) is 0 Å². The molecule has 0 aromatic heterocycles. The van der Waals surface area contributed by atoms with E-state index in [-0.39, 0.29) is 18.0 Å². The standard InChI is InChI=1S/C13H17N3O4/c1-8(2)12(13(14)18)15-11(17)7-9-4-3-5-10(6-9)16(19)20/h3-6,8,12H,7H2,1-2H3,(H2,14,18)(H,15,17)/t12-/m0/s1. The van der Waals surface area contributed by atoms with Crippen LogP contribution in [0, 0.1) is 16.0 Å². The van der Waals surface area contributed by atoms with E-state index in [1.165, 1.54) is 18.2 Å². The molecule has 1 aromatic carbocycles. The molecule has 0 bridgehead atoms. The minimum Gasteiger partial charge on any atom is -0.368 e. The van der Waals surface area contributed by atoms with E-state index in [0.717, 1.165) is 0 Å². The molecule has 0 spiro atoms. The van der Waals surface area contributed by atoms with Gasteiger partial charge in [0.2, 0.25) is 11.8 Å². The van der Waals surface area contributed by atoms with Crippen molar-refractivity contribution < 1.29 is 14.5 Å². The Labute approximate surface area is 116 Å². The van der Waals surface area contributed by atoms with E-state index in [4.69, 9.17) is 5.73 Å². The lowest BCUT2D eigenvalue weighted by Crippen LogP contribution is -2.48. The molecule has 0 heterocycles. The summed E-state index contributed by atoms with van der Waals surface area (Å²) in [7, 11) is 0. The van der Waals surface area contributed by atoms with Gasteiger partial charge in [-0.25, -0.2) is 0 Å². The van der Waals surface area contributed by atoms with Crippen molar-refractivity contribution in [3.8, 4) is 0 Å². The van der Waals surface area contributed by atoms with Gasteiger partial charge in [0.25, 0.3) is 5.69 Å². The normalized spacial score (nSPS) is 11.9. The van der Waals surface area contributed by atoms with E-state index in [1.807, 2.05) is 0 Å². The maximum Gasteiger partial charge on any atom is 0.269 e. The second kappa shape index (κ2) is 6.65. The van der Waals surface area contributed by atoms with Crippen LogP contribution in [0.25, 0.3) is 0 Å². The number of hydrogen-bond acceptors (Lipinski definition) is 4. The molecule has 2 amide bonds. The largest absolute Gasteiger partial charge is 0.368 e. The number of carbonyl (C=O) groups excluding carboxylic acids is 2. The van der Waals surface area contributed by atoms with E-state index in [9.17, 15) is 19.7 Å². The van der Waals surface area contributed by atoms with Gasteiger partial charge >= 0.3 is 0 Å². The third-order valence-electron chi connectivity index (χ3n) is 2.78. The topological polar surface area (TPSA) is 115 Å². The van der Waals surface area contributed by atoms with Gasteiger partial charge in [0.1, 0.15) is 6.04 Å². The number of nitrogens with one attached hydrogen (secondary N) is 1. The van der Waals surface area contributed by atoms with Crippen molar-refractivity contribution in [2.75, 3.05) is 0 Å². The first-order valence-corrected chi connectivity index (χ1v) is 6.13. The van der Waals surface area contributed by atoms with Crippen molar-refractivity contribution in [2.24, 2.45) is 11.7 Å². The van der Waals surface area contributed by atoms with Crippen LogP contribution in [-0.2, 0) is 16.0 Å². The quantitative estimate of drug-likeness (QED) is 0.590. The number of nitrogens with two attached hydrogens (primary N) is 1. The highest BCUT2D eigenvalue weighted by Crippen LogP contribution is 2.13. The molecule has 0 fully saturated rings. The summed E-state index contributed by atoms with van der Waals surface area (Å²) in [5, 5.41) is 13.2. The highest BCUT2D eigenvalue weighted by Gasteiger charge is 2.21. The molecule has 0 radical (unpaired) electrons. The second-order valence-electron chi connectivity index (χ2n) is 4.80. The summed E-state index contributed by atoms with van der Waals surface area (Å²) in [6.07, 6.45) is -0.0435. The summed E-state index contributed by atoms with van der Waals surface area (Å²) in [5.74, 6) is -1.13. The molecule has 0 aliphatic rings. The van der Waals surface area contributed by atoms with Gasteiger partial charge in [0.15, 0.2) is 0 Å². The van der Waals surface area contributed by atoms with Crippen molar-refractivity contribution in [1.29, 1.82) is 0 Å². The SMILES string of the molecule is CC(C)[C@H](NC(=O)Cc1cccc([N+](=O)[O-])c1)C(N)=O. The van der Waals surface area contributed by atoms with Crippen LogP contribution >= 0.6 is 0 Å². The van der Waals surface area contributed by atoms with Gasteiger partial charge < -0.3 is 11.1 Å². The lowest BCUT2D eigenvalue weighted by Gasteiger charge is -2.18. The third kappa shape index (κ3) is 4.34. The third-order valence-corrected chi connectivity index (χ3v) is 2.78. The van der Waals surface area contributed by atoms with Crippen molar-refractivity contribution in [2.45, 2.75) is 26.3 Å². The second-order valence-corrected chi connectivity index (χ2v) is 4.80. The molecular formula is C13H17N3O4. The summed E-state index contributed by atoms with van der Waals surface area (Å²) >= 11 is 0. The average Bonchev–Trinajstić information content (AvgIpc) is 2.35. The molecule has 1 atom stereocenters. The van der Waals surface area contributed by atoms with Crippen LogP contribution in [0.2, 0.25) is 0 Å². The Balaban J connectivity index is 2.73. The lowest BCUT2D eigenvalue weighted by atomic mass is 10.0. The molecule has 3 N–H and O–H groups in total. The van der Waals surface area contributed by atoms with E-state index in [0.29, 0.717) is 5.56 Å². The highest BCUT2D eigenvalue weighted by molar-refractivity contribution is 5.87. The number of carbonyl (C=O) groups is 2. The Morgan fingerprint density at radius 3 is 2.55 bits per heavy atom. The molecule has 1 rings (SSSR count). The lowest BCUT2D eigenvalue weighted by molar-refractivity contribution is -0.384. The van der Waals surface area contributed by atoms with E-state index in [1.54, 1.807) is 19.9 Å². The van der Waals surface area contributed by atoms with Gasteiger partial charge in [-0.1, -0.05) is 26.0 Å². The zero-order valence-corrected chi connectivity index (χ0v) is 11.3. The molecular weight excluding hydrogens is 262 g/mol. The smallest absolute Gasteiger partial charge is 0.269 e. The van der Waals surface area contributed by atoms with Gasteiger partial charge in [-0.3, -0.25) is 19.7 Å². The van der Waals surface area contributed by atoms with Crippen LogP contribution in [0.4, 0.5) is 5.69 Å². The molecule has 7 nitrogen and oxygen atoms in total. The number of amides is 2. The van der Waals surface area contributed by atoms with Crippen LogP contribution in [0.15, 0.2) is 24.3 Å². The molecule has 108 valence electrons. The van der Waals surface area contributed by atoms with Crippen LogP contribution in [0.5, 0.6) is 0 Å². The van der Waals surface area contributed by atoms with Gasteiger partial charge in [-0.05, 0) is 11.5 Å². The summed E-state index contributed by atoms with van der Waals surface area (Å²) in [6, 6.07) is 5.05.